The fourth-order valence-corrected chi connectivity index (χ4v) is 5.70. The van der Waals surface area contributed by atoms with E-state index in [1.807, 2.05) is 43.1 Å². The zero-order valence-corrected chi connectivity index (χ0v) is 22.7. The Bertz CT molecular complexity index is 1360. The number of benzene rings is 3. The lowest BCUT2D eigenvalue weighted by molar-refractivity contribution is 0.0773. The topological polar surface area (TPSA) is 48.5 Å². The van der Waals surface area contributed by atoms with Crippen LogP contribution < -0.4 is 5.32 Å². The van der Waals surface area contributed by atoms with Crippen molar-refractivity contribution in [3.8, 4) is 0 Å². The monoisotopic (exact) mass is 506 g/mol. The molecule has 1 aliphatic heterocycles. The van der Waals surface area contributed by atoms with E-state index in [0.29, 0.717) is 19.1 Å². The molecule has 2 atom stereocenters. The number of carbonyl (C=O) groups is 1. The molecule has 1 aromatic heterocycles. The Hall–Kier alpha value is -3.54. The molecule has 196 valence electrons. The summed E-state index contributed by atoms with van der Waals surface area (Å²) in [6.45, 7) is 10.4. The average molecular weight is 507 g/mol. The summed E-state index contributed by atoms with van der Waals surface area (Å²) in [6, 6.07) is 28.2. The molecule has 1 fully saturated rings. The largest absolute Gasteiger partial charge is 0.339 e. The van der Waals surface area contributed by atoms with Crippen LogP contribution in [0, 0.1) is 6.92 Å². The lowest BCUT2D eigenvalue weighted by atomic mass is 9.90. The molecule has 3 aromatic carbocycles. The molecule has 1 N–H and O–H groups in total. The highest BCUT2D eigenvalue weighted by atomic mass is 16.2. The number of pyridine rings is 1. The molecule has 1 amide bonds. The predicted octanol–water partition coefficient (Wildman–Crippen LogP) is 5.63. The van der Waals surface area contributed by atoms with Crippen LogP contribution in [0.5, 0.6) is 0 Å². The van der Waals surface area contributed by atoms with Crippen molar-refractivity contribution < 1.29 is 4.79 Å². The van der Waals surface area contributed by atoms with Crippen LogP contribution in [0.1, 0.15) is 52.5 Å². The third kappa shape index (κ3) is 5.50. The van der Waals surface area contributed by atoms with E-state index in [9.17, 15) is 4.79 Å². The predicted molar refractivity (Wildman–Crippen MR) is 156 cm³/mol. The van der Waals surface area contributed by atoms with Crippen molar-refractivity contribution in [2.75, 3.05) is 32.7 Å². The second-order valence-corrected chi connectivity index (χ2v) is 10.2. The molecule has 2 unspecified atom stereocenters. The number of hydrogen-bond acceptors (Lipinski definition) is 4. The molecule has 0 saturated carbocycles. The quantitative estimate of drug-likeness (QED) is 0.336. The van der Waals surface area contributed by atoms with Crippen molar-refractivity contribution in [3.05, 3.63) is 113 Å². The zero-order valence-electron chi connectivity index (χ0n) is 22.7. The molecule has 5 rings (SSSR count). The first-order chi connectivity index (χ1) is 18.6. The maximum Gasteiger partial charge on any atom is 0.253 e. The molecule has 1 aliphatic rings. The smallest absolute Gasteiger partial charge is 0.253 e. The summed E-state index contributed by atoms with van der Waals surface area (Å²) in [7, 11) is 0. The van der Waals surface area contributed by atoms with Crippen molar-refractivity contribution in [1.82, 2.24) is 20.1 Å². The molecule has 0 aliphatic carbocycles. The van der Waals surface area contributed by atoms with Crippen LogP contribution in [0.15, 0.2) is 85.1 Å². The molecule has 0 bridgehead atoms. The Labute approximate surface area is 226 Å². The molecule has 4 aromatic rings. The van der Waals surface area contributed by atoms with Crippen LogP contribution in [0.4, 0.5) is 0 Å². The lowest BCUT2D eigenvalue weighted by Gasteiger charge is -2.42. The van der Waals surface area contributed by atoms with Crippen LogP contribution in [-0.2, 0) is 6.42 Å². The van der Waals surface area contributed by atoms with Gasteiger partial charge in [0, 0.05) is 61.5 Å². The van der Waals surface area contributed by atoms with E-state index >= 15 is 0 Å². The zero-order chi connectivity index (χ0) is 26.5. The van der Waals surface area contributed by atoms with Crippen molar-refractivity contribution in [1.29, 1.82) is 0 Å². The second-order valence-electron chi connectivity index (χ2n) is 10.2. The fourth-order valence-electron chi connectivity index (χ4n) is 5.70. The van der Waals surface area contributed by atoms with Crippen molar-refractivity contribution in [3.63, 3.8) is 0 Å². The summed E-state index contributed by atoms with van der Waals surface area (Å²) in [5.74, 6) is 0.0874. The number of fused-ring (bicyclic) bond motifs is 1. The molecule has 5 heteroatoms. The van der Waals surface area contributed by atoms with Gasteiger partial charge in [-0.3, -0.25) is 14.7 Å². The summed E-state index contributed by atoms with van der Waals surface area (Å²) in [4.78, 5) is 22.4. The summed E-state index contributed by atoms with van der Waals surface area (Å²) in [5, 5.41) is 4.78. The van der Waals surface area contributed by atoms with Gasteiger partial charge in [0.1, 0.15) is 0 Å². The van der Waals surface area contributed by atoms with Crippen LogP contribution in [0.3, 0.4) is 0 Å². The Morgan fingerprint density at radius 2 is 1.74 bits per heavy atom. The number of aromatic nitrogens is 1. The van der Waals surface area contributed by atoms with Gasteiger partial charge in [0.05, 0.1) is 11.6 Å². The minimum atomic E-state index is 0.0313. The van der Waals surface area contributed by atoms with E-state index in [1.165, 1.54) is 22.3 Å². The highest BCUT2D eigenvalue weighted by Gasteiger charge is 2.32. The van der Waals surface area contributed by atoms with E-state index in [2.05, 4.69) is 77.8 Å². The van der Waals surface area contributed by atoms with Gasteiger partial charge in [-0.1, -0.05) is 66.2 Å². The van der Waals surface area contributed by atoms with Gasteiger partial charge in [0.2, 0.25) is 0 Å². The number of carbonyl (C=O) groups excluding carboxylic acids is 1. The summed E-state index contributed by atoms with van der Waals surface area (Å²) in [6.07, 6.45) is 2.86. The molecular formula is C33H38N4O. The van der Waals surface area contributed by atoms with Gasteiger partial charge in [0.15, 0.2) is 0 Å². The SMILES string of the molecule is CCN(CC)C(=O)c1ccc(C(c2cccc3cccnc23)N2CCNCC2Cc2ccc(C)cc2)cc1. The Balaban J connectivity index is 1.56. The maximum atomic E-state index is 13.0. The lowest BCUT2D eigenvalue weighted by Crippen LogP contribution is -2.53. The number of rotatable bonds is 8. The van der Waals surface area contributed by atoms with E-state index in [1.54, 1.807) is 0 Å². The average Bonchev–Trinajstić information content (AvgIpc) is 2.96. The molecular weight excluding hydrogens is 468 g/mol. The minimum absolute atomic E-state index is 0.0313. The van der Waals surface area contributed by atoms with Gasteiger partial charge >= 0.3 is 0 Å². The van der Waals surface area contributed by atoms with Gasteiger partial charge in [-0.15, -0.1) is 0 Å². The first kappa shape index (κ1) is 26.1. The Kier molecular flexibility index (Phi) is 8.16. The minimum Gasteiger partial charge on any atom is -0.339 e. The number of piperazine rings is 1. The maximum absolute atomic E-state index is 13.0. The normalized spacial score (nSPS) is 16.9. The molecule has 5 nitrogen and oxygen atoms in total. The molecule has 1 saturated heterocycles. The van der Waals surface area contributed by atoms with Crippen molar-refractivity contribution >= 4 is 16.8 Å². The molecule has 2 heterocycles. The van der Waals surface area contributed by atoms with Gasteiger partial charge in [-0.25, -0.2) is 0 Å². The van der Waals surface area contributed by atoms with Crippen molar-refractivity contribution in [2.24, 2.45) is 0 Å². The van der Waals surface area contributed by atoms with Crippen LogP contribution >= 0.6 is 0 Å². The van der Waals surface area contributed by atoms with Crippen molar-refractivity contribution in [2.45, 2.75) is 39.3 Å². The summed E-state index contributed by atoms with van der Waals surface area (Å²) >= 11 is 0. The molecule has 38 heavy (non-hydrogen) atoms. The fraction of sp³-hybridized carbons (Fsp3) is 0.333. The van der Waals surface area contributed by atoms with E-state index < -0.39 is 0 Å². The van der Waals surface area contributed by atoms with Gasteiger partial charge in [-0.05, 0) is 56.5 Å². The van der Waals surface area contributed by atoms with Gasteiger partial charge in [0.25, 0.3) is 5.91 Å². The number of aryl methyl sites for hydroxylation is 1. The van der Waals surface area contributed by atoms with E-state index in [-0.39, 0.29) is 11.9 Å². The van der Waals surface area contributed by atoms with E-state index in [4.69, 9.17) is 4.98 Å². The Morgan fingerprint density at radius 3 is 2.47 bits per heavy atom. The highest BCUT2D eigenvalue weighted by Crippen LogP contribution is 2.35. The number of amides is 1. The van der Waals surface area contributed by atoms with Gasteiger partial charge in [-0.2, -0.15) is 0 Å². The van der Waals surface area contributed by atoms with E-state index in [0.717, 1.165) is 42.5 Å². The summed E-state index contributed by atoms with van der Waals surface area (Å²) < 4.78 is 0. The van der Waals surface area contributed by atoms with Crippen LogP contribution in [0.2, 0.25) is 0 Å². The first-order valence-corrected chi connectivity index (χ1v) is 13.8. The standard InChI is InChI=1S/C33H38N4O/c1-4-36(5-2)33(38)28-17-15-27(16-18-28)32(30-10-6-8-26-9-7-19-35-31(26)30)37-21-20-34-23-29(37)22-25-13-11-24(3)12-14-25/h6-19,29,32,34H,4-5,20-23H2,1-3H3. The third-order valence-electron chi connectivity index (χ3n) is 7.80. The second kappa shape index (κ2) is 11.9. The first-order valence-electron chi connectivity index (χ1n) is 13.8. The van der Waals surface area contributed by atoms with Crippen LogP contribution in [0.25, 0.3) is 10.9 Å². The number of nitrogens with zero attached hydrogens (tertiary/aromatic N) is 3. The van der Waals surface area contributed by atoms with Gasteiger partial charge < -0.3 is 10.2 Å². The number of hydrogen-bond donors (Lipinski definition) is 1. The Morgan fingerprint density at radius 1 is 1.00 bits per heavy atom. The van der Waals surface area contributed by atoms with Crippen LogP contribution in [-0.4, -0.2) is 59.5 Å². The molecule has 0 spiro atoms. The highest BCUT2D eigenvalue weighted by molar-refractivity contribution is 5.94. The third-order valence-corrected chi connectivity index (χ3v) is 7.80. The summed E-state index contributed by atoms with van der Waals surface area (Å²) in [5.41, 5.74) is 6.81. The molecule has 0 radical (unpaired) electrons. The number of nitrogens with one attached hydrogen (secondary N) is 1. The number of para-hydroxylation sites is 1.